The van der Waals surface area contributed by atoms with Crippen LogP contribution in [0.25, 0.3) is 0 Å². The first-order valence-corrected chi connectivity index (χ1v) is 5.76. The molecule has 0 saturated carbocycles. The molecule has 1 heterocycles. The molecule has 5 nitrogen and oxygen atoms in total. The minimum Gasteiger partial charge on any atom is -0.445 e. The number of nitrogens with one attached hydrogen (secondary N) is 1. The summed E-state index contributed by atoms with van der Waals surface area (Å²) in [6, 6.07) is 0. The number of hydrogen-bond acceptors (Lipinski definition) is 4. The van der Waals surface area contributed by atoms with Gasteiger partial charge in [-0.1, -0.05) is 33.4 Å². The lowest BCUT2D eigenvalue weighted by Crippen LogP contribution is -2.26. The molecule has 1 N–H and O–H groups in total. The minimum atomic E-state index is -0.474. The van der Waals surface area contributed by atoms with E-state index in [4.69, 9.17) is 4.74 Å². The van der Waals surface area contributed by atoms with Gasteiger partial charge < -0.3 is 10.1 Å². The maximum Gasteiger partial charge on any atom is 0.407 e. The summed E-state index contributed by atoms with van der Waals surface area (Å²) in [6.45, 7) is 10.2. The van der Waals surface area contributed by atoms with E-state index in [1.165, 1.54) is 12.4 Å². The maximum absolute atomic E-state index is 11.3. The van der Waals surface area contributed by atoms with Gasteiger partial charge in [-0.15, -0.1) is 0 Å². The lowest BCUT2D eigenvalue weighted by molar-refractivity contribution is 0.157. The third kappa shape index (κ3) is 4.16. The second-order valence-corrected chi connectivity index (χ2v) is 4.89. The molecule has 0 saturated heterocycles. The zero-order valence-electron chi connectivity index (χ0n) is 11.1. The normalized spacial score (nSPS) is 10.8. The van der Waals surface area contributed by atoms with Crippen molar-refractivity contribution in [2.45, 2.75) is 32.7 Å². The summed E-state index contributed by atoms with van der Waals surface area (Å²) in [5, 5.41) is 2.66. The number of ether oxygens (including phenoxy) is 1. The molecule has 0 aromatic carbocycles. The molecule has 0 bridgehead atoms. The Morgan fingerprint density at radius 1 is 1.56 bits per heavy atom. The van der Waals surface area contributed by atoms with Crippen LogP contribution in [0.1, 0.15) is 32.0 Å². The minimum absolute atomic E-state index is 0.0923. The SMILES string of the molecule is C=CCOC(=O)NCc1cncnc1C(C)(C)C. The van der Waals surface area contributed by atoms with E-state index in [0.29, 0.717) is 6.54 Å². The van der Waals surface area contributed by atoms with Gasteiger partial charge in [0.15, 0.2) is 0 Å². The molecule has 0 aliphatic heterocycles. The molecule has 0 aliphatic carbocycles. The summed E-state index contributed by atoms with van der Waals surface area (Å²) >= 11 is 0. The van der Waals surface area contributed by atoms with Crippen LogP contribution in [0.2, 0.25) is 0 Å². The van der Waals surface area contributed by atoms with Gasteiger partial charge in [0, 0.05) is 23.7 Å². The van der Waals surface area contributed by atoms with Crippen LogP contribution in [0.4, 0.5) is 4.79 Å². The van der Waals surface area contributed by atoms with Crippen LogP contribution in [0.5, 0.6) is 0 Å². The molecule has 1 rings (SSSR count). The molecule has 98 valence electrons. The monoisotopic (exact) mass is 249 g/mol. The Labute approximate surface area is 107 Å². The highest BCUT2D eigenvalue weighted by atomic mass is 16.5. The Bertz CT molecular complexity index is 424. The van der Waals surface area contributed by atoms with Gasteiger partial charge in [0.1, 0.15) is 12.9 Å². The quantitative estimate of drug-likeness (QED) is 0.831. The van der Waals surface area contributed by atoms with Gasteiger partial charge in [-0.25, -0.2) is 14.8 Å². The van der Waals surface area contributed by atoms with Crippen LogP contribution in [0, 0.1) is 0 Å². The number of rotatable bonds is 4. The van der Waals surface area contributed by atoms with Crippen LogP contribution in [0.15, 0.2) is 25.2 Å². The molecule has 0 unspecified atom stereocenters. The smallest absolute Gasteiger partial charge is 0.407 e. The largest absolute Gasteiger partial charge is 0.445 e. The van der Waals surface area contributed by atoms with Crippen molar-refractivity contribution in [3.05, 3.63) is 36.4 Å². The van der Waals surface area contributed by atoms with Gasteiger partial charge in [0.25, 0.3) is 0 Å². The second kappa shape index (κ2) is 6.14. The van der Waals surface area contributed by atoms with E-state index in [0.717, 1.165) is 11.3 Å². The van der Waals surface area contributed by atoms with Gasteiger partial charge in [0.05, 0.1) is 5.69 Å². The van der Waals surface area contributed by atoms with Crippen LogP contribution >= 0.6 is 0 Å². The molecule has 1 aromatic rings. The zero-order valence-corrected chi connectivity index (χ0v) is 11.1. The maximum atomic E-state index is 11.3. The van der Waals surface area contributed by atoms with Crippen molar-refractivity contribution in [3.8, 4) is 0 Å². The number of nitrogens with zero attached hydrogens (tertiary/aromatic N) is 2. The van der Waals surface area contributed by atoms with Crippen molar-refractivity contribution in [2.24, 2.45) is 0 Å². The van der Waals surface area contributed by atoms with Crippen LogP contribution < -0.4 is 5.32 Å². The van der Waals surface area contributed by atoms with Crippen molar-refractivity contribution in [3.63, 3.8) is 0 Å². The van der Waals surface area contributed by atoms with E-state index in [1.54, 1.807) is 6.20 Å². The highest BCUT2D eigenvalue weighted by Gasteiger charge is 2.19. The topological polar surface area (TPSA) is 64.1 Å². The lowest BCUT2D eigenvalue weighted by atomic mass is 9.89. The summed E-state index contributed by atoms with van der Waals surface area (Å²) < 4.78 is 4.83. The average Bonchev–Trinajstić information content (AvgIpc) is 2.33. The molecule has 0 aliphatic rings. The Kier molecular flexibility index (Phi) is 4.83. The third-order valence-electron chi connectivity index (χ3n) is 2.25. The molecule has 5 heteroatoms. The molecular formula is C13H19N3O2. The lowest BCUT2D eigenvalue weighted by Gasteiger charge is -2.20. The van der Waals surface area contributed by atoms with Crippen molar-refractivity contribution >= 4 is 6.09 Å². The fourth-order valence-corrected chi connectivity index (χ4v) is 1.52. The van der Waals surface area contributed by atoms with E-state index < -0.39 is 6.09 Å². The van der Waals surface area contributed by atoms with E-state index in [9.17, 15) is 4.79 Å². The predicted molar refractivity (Wildman–Crippen MR) is 69.1 cm³/mol. The van der Waals surface area contributed by atoms with E-state index in [2.05, 4.69) is 42.6 Å². The number of amides is 1. The molecule has 1 aromatic heterocycles. The van der Waals surface area contributed by atoms with Gasteiger partial charge >= 0.3 is 6.09 Å². The first kappa shape index (κ1) is 14.2. The van der Waals surface area contributed by atoms with Gasteiger partial charge in [0.2, 0.25) is 0 Å². The number of aromatic nitrogens is 2. The first-order valence-electron chi connectivity index (χ1n) is 5.76. The Hall–Kier alpha value is -1.91. The van der Waals surface area contributed by atoms with Crippen molar-refractivity contribution < 1.29 is 9.53 Å². The highest BCUT2D eigenvalue weighted by molar-refractivity contribution is 5.67. The number of carbonyl (C=O) groups is 1. The standard InChI is InChI=1S/C13H19N3O2/c1-5-6-18-12(17)15-8-10-7-14-9-16-11(10)13(2,3)4/h5,7,9H,1,6,8H2,2-4H3,(H,15,17). The average molecular weight is 249 g/mol. The van der Waals surface area contributed by atoms with Gasteiger partial charge in [-0.05, 0) is 0 Å². The summed E-state index contributed by atoms with van der Waals surface area (Å²) in [7, 11) is 0. The Balaban J connectivity index is 2.68. The second-order valence-electron chi connectivity index (χ2n) is 4.89. The van der Waals surface area contributed by atoms with Crippen LogP contribution in [0.3, 0.4) is 0 Å². The number of carbonyl (C=O) groups excluding carboxylic acids is 1. The molecule has 18 heavy (non-hydrogen) atoms. The highest BCUT2D eigenvalue weighted by Crippen LogP contribution is 2.22. The van der Waals surface area contributed by atoms with Crippen molar-refractivity contribution in [2.75, 3.05) is 6.61 Å². The Morgan fingerprint density at radius 3 is 2.89 bits per heavy atom. The fraction of sp³-hybridized carbons (Fsp3) is 0.462. The molecule has 1 amide bonds. The zero-order chi connectivity index (χ0) is 13.6. The third-order valence-corrected chi connectivity index (χ3v) is 2.25. The van der Waals surface area contributed by atoms with Crippen molar-refractivity contribution in [1.29, 1.82) is 0 Å². The fourth-order valence-electron chi connectivity index (χ4n) is 1.52. The summed E-state index contributed by atoms with van der Waals surface area (Å²) in [6.07, 6.45) is 4.27. The summed E-state index contributed by atoms with van der Waals surface area (Å²) in [4.78, 5) is 19.6. The number of hydrogen-bond donors (Lipinski definition) is 1. The first-order chi connectivity index (χ1) is 8.45. The summed E-state index contributed by atoms with van der Waals surface area (Å²) in [5.74, 6) is 0. The predicted octanol–water partition coefficient (Wildman–Crippen LogP) is 2.19. The van der Waals surface area contributed by atoms with E-state index in [-0.39, 0.29) is 12.0 Å². The van der Waals surface area contributed by atoms with Crippen LogP contribution in [-0.4, -0.2) is 22.7 Å². The van der Waals surface area contributed by atoms with Gasteiger partial charge in [-0.3, -0.25) is 0 Å². The molecule has 0 fully saturated rings. The molecule has 0 radical (unpaired) electrons. The summed E-state index contributed by atoms with van der Waals surface area (Å²) in [5.41, 5.74) is 1.72. The Morgan fingerprint density at radius 2 is 2.28 bits per heavy atom. The number of alkyl carbamates (subject to hydrolysis) is 1. The van der Waals surface area contributed by atoms with E-state index in [1.807, 2.05) is 0 Å². The van der Waals surface area contributed by atoms with Crippen molar-refractivity contribution in [1.82, 2.24) is 15.3 Å². The van der Waals surface area contributed by atoms with Gasteiger partial charge in [-0.2, -0.15) is 0 Å². The molecule has 0 spiro atoms. The van der Waals surface area contributed by atoms with E-state index >= 15 is 0 Å². The molecule has 0 atom stereocenters. The van der Waals surface area contributed by atoms with Crippen LogP contribution in [-0.2, 0) is 16.7 Å². The molecular weight excluding hydrogens is 230 g/mol.